The molecular weight excluding hydrogens is 388 g/mol. The summed E-state index contributed by atoms with van der Waals surface area (Å²) in [6.45, 7) is 8.18. The summed E-state index contributed by atoms with van der Waals surface area (Å²) in [5.41, 5.74) is 4.26. The Morgan fingerprint density at radius 2 is 2.00 bits per heavy atom. The topological polar surface area (TPSA) is 100 Å². The molecule has 0 saturated heterocycles. The average Bonchev–Trinajstić information content (AvgIpc) is 3.23. The highest BCUT2D eigenvalue weighted by atomic mass is 32.2. The lowest BCUT2D eigenvalue weighted by atomic mass is 9.95. The summed E-state index contributed by atoms with van der Waals surface area (Å²) in [4.78, 5) is 12.1. The van der Waals surface area contributed by atoms with Gasteiger partial charge in [-0.15, -0.1) is 10.2 Å². The second-order valence-corrected chi connectivity index (χ2v) is 8.25. The standard InChI is InChI=1S/C21H22N4O3S/c1-11(2)16-9-17-14(8-19(26)28-18(17)7-12(16)3)10-29-21-24-23-20(25(21)22)15-5-6-27-13(15)4/h5-9,11H,10,22H2,1-4H3. The molecule has 0 bridgehead atoms. The molecule has 0 saturated carbocycles. The van der Waals surface area contributed by atoms with Crippen molar-refractivity contribution < 1.29 is 8.83 Å². The Bertz CT molecular complexity index is 1250. The van der Waals surface area contributed by atoms with Crippen LogP contribution in [0.15, 0.2) is 49.3 Å². The molecule has 8 heteroatoms. The van der Waals surface area contributed by atoms with E-state index in [1.165, 1.54) is 28.1 Å². The SMILES string of the molecule is Cc1cc2oc(=O)cc(CSc3nnc(-c4ccoc4C)n3N)c2cc1C(C)C. The Hall–Kier alpha value is -3.00. The fourth-order valence-corrected chi connectivity index (χ4v) is 4.30. The zero-order valence-corrected chi connectivity index (χ0v) is 17.5. The smallest absolute Gasteiger partial charge is 0.336 e. The third kappa shape index (κ3) is 3.55. The number of nitrogens with zero attached hydrogens (tertiary/aromatic N) is 3. The largest absolute Gasteiger partial charge is 0.469 e. The molecule has 0 unspecified atom stereocenters. The fourth-order valence-electron chi connectivity index (χ4n) is 3.45. The van der Waals surface area contributed by atoms with Crippen LogP contribution in [0.1, 0.15) is 42.2 Å². The fraction of sp³-hybridized carbons (Fsp3) is 0.286. The molecular formula is C21H22N4O3S. The van der Waals surface area contributed by atoms with Gasteiger partial charge in [-0.3, -0.25) is 0 Å². The zero-order valence-electron chi connectivity index (χ0n) is 16.7. The number of rotatable bonds is 5. The van der Waals surface area contributed by atoms with E-state index in [-0.39, 0.29) is 5.63 Å². The Morgan fingerprint density at radius 3 is 2.69 bits per heavy atom. The third-order valence-corrected chi connectivity index (χ3v) is 5.95. The van der Waals surface area contributed by atoms with Crippen molar-refractivity contribution in [1.29, 1.82) is 0 Å². The summed E-state index contributed by atoms with van der Waals surface area (Å²) in [6.07, 6.45) is 1.59. The maximum Gasteiger partial charge on any atom is 0.336 e. The lowest BCUT2D eigenvalue weighted by molar-refractivity contribution is 0.535. The van der Waals surface area contributed by atoms with Crippen molar-refractivity contribution in [2.24, 2.45) is 0 Å². The first kappa shape index (κ1) is 19.3. The van der Waals surface area contributed by atoms with Crippen molar-refractivity contribution in [3.05, 3.63) is 63.4 Å². The second-order valence-electron chi connectivity index (χ2n) is 7.31. The minimum atomic E-state index is -0.367. The van der Waals surface area contributed by atoms with Gasteiger partial charge in [0.2, 0.25) is 5.16 Å². The van der Waals surface area contributed by atoms with Crippen LogP contribution in [-0.4, -0.2) is 14.9 Å². The predicted molar refractivity (Wildman–Crippen MR) is 113 cm³/mol. The van der Waals surface area contributed by atoms with Crippen LogP contribution in [0.5, 0.6) is 0 Å². The summed E-state index contributed by atoms with van der Waals surface area (Å²) in [6, 6.07) is 7.39. The number of furan rings is 1. The van der Waals surface area contributed by atoms with Crippen LogP contribution in [0.3, 0.4) is 0 Å². The Morgan fingerprint density at radius 1 is 1.21 bits per heavy atom. The molecule has 3 aromatic heterocycles. The summed E-state index contributed by atoms with van der Waals surface area (Å²) < 4.78 is 12.2. The maximum absolute atomic E-state index is 12.1. The number of hydrogen-bond acceptors (Lipinski definition) is 7. The number of aryl methyl sites for hydroxylation is 2. The number of hydrogen-bond donors (Lipinski definition) is 1. The summed E-state index contributed by atoms with van der Waals surface area (Å²) in [7, 11) is 0. The summed E-state index contributed by atoms with van der Waals surface area (Å²) >= 11 is 1.42. The molecule has 0 aliphatic carbocycles. The molecule has 0 fully saturated rings. The zero-order chi connectivity index (χ0) is 20.7. The first-order valence-electron chi connectivity index (χ1n) is 9.30. The predicted octanol–water partition coefficient (Wildman–Crippen LogP) is 4.39. The summed E-state index contributed by atoms with van der Waals surface area (Å²) in [5.74, 6) is 8.36. The van der Waals surface area contributed by atoms with Crippen LogP contribution < -0.4 is 11.5 Å². The quantitative estimate of drug-likeness (QED) is 0.296. The van der Waals surface area contributed by atoms with E-state index in [0.29, 0.717) is 28.2 Å². The molecule has 0 radical (unpaired) electrons. The number of thioether (sulfide) groups is 1. The Kier molecular flexibility index (Phi) is 4.96. The van der Waals surface area contributed by atoms with Crippen LogP contribution in [0.4, 0.5) is 0 Å². The first-order chi connectivity index (χ1) is 13.8. The van der Waals surface area contributed by atoms with Crippen molar-refractivity contribution in [1.82, 2.24) is 14.9 Å². The van der Waals surface area contributed by atoms with Crippen LogP contribution in [0, 0.1) is 13.8 Å². The molecule has 0 atom stereocenters. The highest BCUT2D eigenvalue weighted by Crippen LogP contribution is 2.31. The second kappa shape index (κ2) is 7.44. The molecule has 1 aromatic carbocycles. The van der Waals surface area contributed by atoms with Crippen molar-refractivity contribution in [3.8, 4) is 11.4 Å². The first-order valence-corrected chi connectivity index (χ1v) is 10.3. The van der Waals surface area contributed by atoms with E-state index >= 15 is 0 Å². The van der Waals surface area contributed by atoms with Gasteiger partial charge < -0.3 is 14.7 Å². The van der Waals surface area contributed by atoms with E-state index in [2.05, 4.69) is 30.1 Å². The van der Waals surface area contributed by atoms with Gasteiger partial charge in [-0.05, 0) is 54.7 Å². The number of aromatic nitrogens is 3. The van der Waals surface area contributed by atoms with Crippen molar-refractivity contribution >= 4 is 22.7 Å². The van der Waals surface area contributed by atoms with Gasteiger partial charge in [-0.1, -0.05) is 25.6 Å². The number of nitrogens with two attached hydrogens (primary N) is 1. The molecule has 0 aliphatic heterocycles. The molecule has 4 rings (SSSR count). The van der Waals surface area contributed by atoms with E-state index in [0.717, 1.165) is 27.8 Å². The van der Waals surface area contributed by atoms with E-state index < -0.39 is 0 Å². The van der Waals surface area contributed by atoms with Gasteiger partial charge in [-0.25, -0.2) is 9.47 Å². The lowest BCUT2D eigenvalue weighted by Gasteiger charge is -2.13. The average molecular weight is 410 g/mol. The van der Waals surface area contributed by atoms with E-state index in [9.17, 15) is 4.79 Å². The molecule has 0 spiro atoms. The van der Waals surface area contributed by atoms with Gasteiger partial charge in [-0.2, -0.15) is 0 Å². The van der Waals surface area contributed by atoms with Crippen LogP contribution in [0.2, 0.25) is 0 Å². The molecule has 29 heavy (non-hydrogen) atoms. The van der Waals surface area contributed by atoms with E-state index in [1.54, 1.807) is 6.26 Å². The number of fused-ring (bicyclic) bond motifs is 1. The van der Waals surface area contributed by atoms with Crippen LogP contribution >= 0.6 is 11.8 Å². The number of benzene rings is 1. The van der Waals surface area contributed by atoms with Gasteiger partial charge >= 0.3 is 5.63 Å². The van der Waals surface area contributed by atoms with Crippen molar-refractivity contribution in [2.75, 3.05) is 5.84 Å². The van der Waals surface area contributed by atoms with E-state index in [1.807, 2.05) is 26.0 Å². The molecule has 0 aliphatic rings. The van der Waals surface area contributed by atoms with Crippen molar-refractivity contribution in [2.45, 2.75) is 44.5 Å². The molecule has 0 amide bonds. The third-order valence-electron chi connectivity index (χ3n) is 4.96. The molecule has 7 nitrogen and oxygen atoms in total. The Balaban J connectivity index is 1.68. The monoisotopic (exact) mass is 410 g/mol. The van der Waals surface area contributed by atoms with Gasteiger partial charge in [0.15, 0.2) is 5.82 Å². The number of nitrogen functional groups attached to an aromatic ring is 1. The molecule has 150 valence electrons. The molecule has 4 aromatic rings. The molecule has 3 heterocycles. The van der Waals surface area contributed by atoms with Crippen molar-refractivity contribution in [3.63, 3.8) is 0 Å². The van der Waals surface area contributed by atoms with Gasteiger partial charge in [0.05, 0.1) is 11.8 Å². The highest BCUT2D eigenvalue weighted by Gasteiger charge is 2.17. The van der Waals surface area contributed by atoms with Gasteiger partial charge in [0, 0.05) is 17.2 Å². The normalized spacial score (nSPS) is 11.6. The van der Waals surface area contributed by atoms with Gasteiger partial charge in [0.25, 0.3) is 0 Å². The molecule has 2 N–H and O–H groups in total. The minimum absolute atomic E-state index is 0.367. The maximum atomic E-state index is 12.1. The summed E-state index contributed by atoms with van der Waals surface area (Å²) in [5, 5.41) is 9.87. The lowest BCUT2D eigenvalue weighted by Crippen LogP contribution is -2.11. The van der Waals surface area contributed by atoms with Crippen LogP contribution in [0.25, 0.3) is 22.4 Å². The van der Waals surface area contributed by atoms with Gasteiger partial charge in [0.1, 0.15) is 11.3 Å². The van der Waals surface area contributed by atoms with E-state index in [4.69, 9.17) is 14.7 Å². The van der Waals surface area contributed by atoms with Crippen LogP contribution in [-0.2, 0) is 5.75 Å². The minimum Gasteiger partial charge on any atom is -0.469 e. The Labute approximate surface area is 171 Å². The highest BCUT2D eigenvalue weighted by molar-refractivity contribution is 7.98.